The molecular formula is C10H7Br2N3O2S2. The van der Waals surface area contributed by atoms with Gasteiger partial charge in [0.2, 0.25) is 5.13 Å². The van der Waals surface area contributed by atoms with Gasteiger partial charge in [-0.3, -0.25) is 4.79 Å². The van der Waals surface area contributed by atoms with Crippen molar-refractivity contribution in [3.8, 4) is 0 Å². The average molecular weight is 425 g/mol. The van der Waals surface area contributed by atoms with E-state index in [0.717, 1.165) is 26.4 Å². The molecule has 2 aromatic rings. The van der Waals surface area contributed by atoms with Crippen molar-refractivity contribution in [2.45, 2.75) is 4.34 Å². The molecule has 1 aromatic carbocycles. The highest BCUT2D eigenvalue weighted by atomic mass is 79.9. The van der Waals surface area contributed by atoms with E-state index < -0.39 is 5.97 Å². The number of carboxylic acid groups (broad SMARTS) is 1. The number of thioether (sulfide) groups is 1. The van der Waals surface area contributed by atoms with Gasteiger partial charge < -0.3 is 10.4 Å². The molecule has 0 bridgehead atoms. The summed E-state index contributed by atoms with van der Waals surface area (Å²) in [7, 11) is 0. The van der Waals surface area contributed by atoms with Gasteiger partial charge >= 0.3 is 5.97 Å². The number of hydrogen-bond acceptors (Lipinski definition) is 6. The summed E-state index contributed by atoms with van der Waals surface area (Å²) in [6, 6.07) is 5.73. The van der Waals surface area contributed by atoms with Crippen molar-refractivity contribution in [1.82, 2.24) is 10.2 Å². The lowest BCUT2D eigenvalue weighted by molar-refractivity contribution is -0.133. The molecule has 1 heterocycles. The van der Waals surface area contributed by atoms with Crippen LogP contribution in [0.4, 0.5) is 10.8 Å². The van der Waals surface area contributed by atoms with Crippen molar-refractivity contribution in [2.75, 3.05) is 11.1 Å². The second-order valence-corrected chi connectivity index (χ2v) is 7.27. The molecule has 0 aliphatic carbocycles. The fourth-order valence-electron chi connectivity index (χ4n) is 1.15. The molecular weight excluding hydrogens is 418 g/mol. The fourth-order valence-corrected chi connectivity index (χ4v) is 3.78. The van der Waals surface area contributed by atoms with Gasteiger partial charge in [-0.05, 0) is 34.1 Å². The van der Waals surface area contributed by atoms with Gasteiger partial charge in [-0.2, -0.15) is 0 Å². The van der Waals surface area contributed by atoms with E-state index in [9.17, 15) is 4.79 Å². The quantitative estimate of drug-likeness (QED) is 0.707. The van der Waals surface area contributed by atoms with Gasteiger partial charge in [0.15, 0.2) is 4.34 Å². The van der Waals surface area contributed by atoms with Crippen LogP contribution in [0.25, 0.3) is 0 Å². The van der Waals surface area contributed by atoms with Crippen LogP contribution in [0.15, 0.2) is 31.5 Å². The summed E-state index contributed by atoms with van der Waals surface area (Å²) >= 11 is 9.29. The summed E-state index contributed by atoms with van der Waals surface area (Å²) < 4.78 is 2.50. The number of nitrogens with zero attached hydrogens (tertiary/aromatic N) is 2. The zero-order valence-corrected chi connectivity index (χ0v) is 14.1. The van der Waals surface area contributed by atoms with Crippen LogP contribution in [0.3, 0.4) is 0 Å². The Labute approximate surface area is 134 Å². The first-order chi connectivity index (χ1) is 9.04. The summed E-state index contributed by atoms with van der Waals surface area (Å²) in [6.07, 6.45) is 0. The monoisotopic (exact) mass is 423 g/mol. The summed E-state index contributed by atoms with van der Waals surface area (Å²) in [5.74, 6) is -0.887. The Hall–Kier alpha value is -0.640. The number of benzene rings is 1. The normalized spacial score (nSPS) is 10.4. The van der Waals surface area contributed by atoms with E-state index in [-0.39, 0.29) is 5.75 Å². The van der Waals surface area contributed by atoms with E-state index in [1.54, 1.807) is 0 Å². The molecule has 19 heavy (non-hydrogen) atoms. The van der Waals surface area contributed by atoms with Crippen LogP contribution in [0.1, 0.15) is 0 Å². The summed E-state index contributed by atoms with van der Waals surface area (Å²) in [6.45, 7) is 0. The lowest BCUT2D eigenvalue weighted by Gasteiger charge is -2.04. The van der Waals surface area contributed by atoms with Gasteiger partial charge in [0.05, 0.1) is 11.4 Å². The first-order valence-electron chi connectivity index (χ1n) is 4.95. The van der Waals surface area contributed by atoms with Crippen LogP contribution in [0.2, 0.25) is 0 Å². The van der Waals surface area contributed by atoms with Gasteiger partial charge in [-0.15, -0.1) is 10.2 Å². The van der Waals surface area contributed by atoms with Crippen molar-refractivity contribution in [3.05, 3.63) is 27.1 Å². The molecule has 0 aliphatic rings. The third-order valence-corrected chi connectivity index (χ3v) is 5.00. The van der Waals surface area contributed by atoms with Crippen molar-refractivity contribution in [3.63, 3.8) is 0 Å². The highest BCUT2D eigenvalue weighted by Gasteiger charge is 2.08. The van der Waals surface area contributed by atoms with Crippen molar-refractivity contribution >= 4 is 71.7 Å². The zero-order valence-electron chi connectivity index (χ0n) is 9.26. The van der Waals surface area contributed by atoms with Crippen LogP contribution >= 0.6 is 55.0 Å². The molecule has 100 valence electrons. The van der Waals surface area contributed by atoms with Crippen molar-refractivity contribution < 1.29 is 9.90 Å². The fraction of sp³-hybridized carbons (Fsp3) is 0.100. The highest BCUT2D eigenvalue weighted by molar-refractivity contribution is 9.11. The number of aliphatic carboxylic acids is 1. The first kappa shape index (κ1) is 14.8. The number of carboxylic acids is 1. The molecule has 5 nitrogen and oxygen atoms in total. The van der Waals surface area contributed by atoms with Gasteiger partial charge in [0, 0.05) is 8.95 Å². The zero-order chi connectivity index (χ0) is 13.8. The Morgan fingerprint density at radius 3 is 2.89 bits per heavy atom. The van der Waals surface area contributed by atoms with E-state index in [1.807, 2.05) is 18.2 Å². The van der Waals surface area contributed by atoms with Crippen LogP contribution in [-0.4, -0.2) is 27.0 Å². The Kier molecular flexibility index (Phi) is 5.20. The second-order valence-electron chi connectivity index (χ2n) is 3.30. The largest absolute Gasteiger partial charge is 0.481 e. The maximum Gasteiger partial charge on any atom is 0.313 e. The predicted octanol–water partition coefficient (Wildman–Crippen LogP) is 3.98. The van der Waals surface area contributed by atoms with Crippen LogP contribution < -0.4 is 5.32 Å². The second kappa shape index (κ2) is 6.69. The number of nitrogens with one attached hydrogen (secondary N) is 1. The molecule has 2 rings (SSSR count). The molecule has 0 aliphatic heterocycles. The van der Waals surface area contributed by atoms with E-state index in [0.29, 0.717) is 9.47 Å². The number of anilines is 2. The van der Waals surface area contributed by atoms with E-state index in [2.05, 4.69) is 47.4 Å². The standard InChI is InChI=1S/C10H7Br2N3O2S2/c11-5-1-2-7(6(12)3-5)13-9-14-15-10(19-9)18-4-8(16)17/h1-3H,4H2,(H,13,14)(H,16,17). The minimum Gasteiger partial charge on any atom is -0.481 e. The summed E-state index contributed by atoms with van der Waals surface area (Å²) in [4.78, 5) is 10.5. The van der Waals surface area contributed by atoms with Crippen molar-refractivity contribution in [2.24, 2.45) is 0 Å². The topological polar surface area (TPSA) is 75.1 Å². The predicted molar refractivity (Wildman–Crippen MR) is 83.4 cm³/mol. The first-order valence-corrected chi connectivity index (χ1v) is 8.33. The van der Waals surface area contributed by atoms with Gasteiger partial charge in [0.25, 0.3) is 0 Å². The van der Waals surface area contributed by atoms with Gasteiger partial charge in [-0.25, -0.2) is 0 Å². The molecule has 0 fully saturated rings. The maximum atomic E-state index is 10.5. The maximum absolute atomic E-state index is 10.5. The van der Waals surface area contributed by atoms with Gasteiger partial charge in [-0.1, -0.05) is 39.0 Å². The molecule has 2 N–H and O–H groups in total. The van der Waals surface area contributed by atoms with Crippen LogP contribution in [-0.2, 0) is 4.79 Å². The number of hydrogen-bond donors (Lipinski definition) is 2. The summed E-state index contributed by atoms with van der Waals surface area (Å²) in [5, 5.41) is 20.2. The lowest BCUT2D eigenvalue weighted by atomic mass is 10.3. The SMILES string of the molecule is O=C(O)CSc1nnc(Nc2ccc(Br)cc2Br)s1. The third kappa shape index (κ3) is 4.44. The van der Waals surface area contributed by atoms with Crippen LogP contribution in [0.5, 0.6) is 0 Å². The molecule has 9 heteroatoms. The number of rotatable bonds is 5. The Morgan fingerprint density at radius 1 is 1.42 bits per heavy atom. The average Bonchev–Trinajstić information content (AvgIpc) is 2.78. The molecule has 0 spiro atoms. The van der Waals surface area contributed by atoms with E-state index in [1.165, 1.54) is 11.3 Å². The van der Waals surface area contributed by atoms with Crippen LogP contribution in [0, 0.1) is 0 Å². The lowest BCUT2D eigenvalue weighted by Crippen LogP contribution is -1.96. The Balaban J connectivity index is 2.05. The minimum atomic E-state index is -0.870. The molecule has 1 aromatic heterocycles. The summed E-state index contributed by atoms with van der Waals surface area (Å²) in [5.41, 5.74) is 0.870. The van der Waals surface area contributed by atoms with Gasteiger partial charge in [0.1, 0.15) is 0 Å². The third-order valence-electron chi connectivity index (χ3n) is 1.90. The molecule has 0 unspecified atom stereocenters. The van der Waals surface area contributed by atoms with E-state index >= 15 is 0 Å². The Bertz CT molecular complexity index is 606. The Morgan fingerprint density at radius 2 is 2.21 bits per heavy atom. The number of halogens is 2. The molecule has 0 saturated heterocycles. The minimum absolute atomic E-state index is 0.0173. The molecule has 0 radical (unpaired) electrons. The number of aromatic nitrogens is 2. The smallest absolute Gasteiger partial charge is 0.313 e. The molecule has 0 saturated carbocycles. The highest BCUT2D eigenvalue weighted by Crippen LogP contribution is 2.31. The van der Waals surface area contributed by atoms with E-state index in [4.69, 9.17) is 5.11 Å². The molecule has 0 atom stereocenters. The molecule has 0 amide bonds. The van der Waals surface area contributed by atoms with Crippen molar-refractivity contribution in [1.29, 1.82) is 0 Å². The number of carbonyl (C=O) groups is 1.